The maximum Gasteiger partial charge on any atom is 0.0465 e. The first-order chi connectivity index (χ1) is 25.0. The molecule has 0 radical (unpaired) electrons. The van der Waals surface area contributed by atoms with Gasteiger partial charge in [0.1, 0.15) is 0 Å². The summed E-state index contributed by atoms with van der Waals surface area (Å²) in [5.74, 6) is 0. The normalized spacial score (nSPS) is 13.1. The molecule has 0 saturated carbocycles. The Morgan fingerprint density at radius 2 is 1.02 bits per heavy atom. The van der Waals surface area contributed by atoms with E-state index in [1.165, 1.54) is 75.5 Å². The number of thiophene rings is 1. The zero-order chi connectivity index (χ0) is 34.1. The predicted octanol–water partition coefficient (Wildman–Crippen LogP) is 14.3. The maximum absolute atomic E-state index is 2.41. The molecule has 0 fully saturated rings. The maximum atomic E-state index is 2.41. The summed E-state index contributed by atoms with van der Waals surface area (Å²) in [4.78, 5) is 2.40. The Bertz CT molecular complexity index is 2750. The molecule has 0 N–H and O–H groups in total. The minimum Gasteiger partial charge on any atom is -0.310 e. The van der Waals surface area contributed by atoms with Gasteiger partial charge in [-0.15, -0.1) is 11.3 Å². The van der Waals surface area contributed by atoms with Gasteiger partial charge in [0.2, 0.25) is 0 Å². The summed E-state index contributed by atoms with van der Waals surface area (Å²) in [6.45, 7) is 4.71. The summed E-state index contributed by atoms with van der Waals surface area (Å²) in [6, 6.07) is 64.8. The van der Waals surface area contributed by atoms with Crippen molar-refractivity contribution in [2.75, 3.05) is 4.90 Å². The van der Waals surface area contributed by atoms with Crippen LogP contribution in [0.4, 0.5) is 17.1 Å². The van der Waals surface area contributed by atoms with Gasteiger partial charge >= 0.3 is 0 Å². The Labute approximate surface area is 302 Å². The summed E-state index contributed by atoms with van der Waals surface area (Å²) >= 11 is 1.88. The van der Waals surface area contributed by atoms with Crippen LogP contribution in [0.1, 0.15) is 25.0 Å². The summed E-state index contributed by atoms with van der Waals surface area (Å²) in [6.07, 6.45) is 0. The minimum absolute atomic E-state index is 0.0812. The van der Waals surface area contributed by atoms with E-state index in [2.05, 4.69) is 195 Å². The van der Waals surface area contributed by atoms with Crippen LogP contribution in [0.3, 0.4) is 0 Å². The number of benzene rings is 8. The molecule has 242 valence electrons. The second-order valence-corrected chi connectivity index (χ2v) is 15.3. The lowest BCUT2D eigenvalue weighted by Crippen LogP contribution is -2.16. The Kier molecular flexibility index (Phi) is 6.78. The summed E-state index contributed by atoms with van der Waals surface area (Å²) in [7, 11) is 0. The average Bonchev–Trinajstić information content (AvgIpc) is 3.65. The van der Waals surface area contributed by atoms with Crippen molar-refractivity contribution >= 4 is 59.3 Å². The fraction of sp³-hybridized carbons (Fsp3) is 0.0612. The van der Waals surface area contributed by atoms with E-state index in [-0.39, 0.29) is 5.41 Å². The van der Waals surface area contributed by atoms with E-state index in [9.17, 15) is 0 Å². The Hall–Kier alpha value is -5.96. The number of hydrogen-bond acceptors (Lipinski definition) is 2. The lowest BCUT2D eigenvalue weighted by molar-refractivity contribution is 0.660. The largest absolute Gasteiger partial charge is 0.310 e. The molecule has 1 aromatic heterocycles. The SMILES string of the molecule is CC1(C)c2ccccc2-c2ccc(N(c3ccc(-c4ccccc4)cc3)c3ccc(-c4cccc5cc6sc7ccccc7c6cc45)cc3)cc21. The third-order valence-electron chi connectivity index (χ3n) is 10.9. The van der Waals surface area contributed by atoms with E-state index >= 15 is 0 Å². The highest BCUT2D eigenvalue weighted by atomic mass is 32.1. The molecule has 8 aromatic carbocycles. The third-order valence-corrected chi connectivity index (χ3v) is 12.0. The molecule has 1 aliphatic carbocycles. The first-order valence-corrected chi connectivity index (χ1v) is 18.5. The van der Waals surface area contributed by atoms with Crippen molar-refractivity contribution in [3.8, 4) is 33.4 Å². The molecule has 9 aromatic rings. The van der Waals surface area contributed by atoms with E-state index in [0.29, 0.717) is 0 Å². The van der Waals surface area contributed by atoms with Gasteiger partial charge in [-0.2, -0.15) is 0 Å². The van der Waals surface area contributed by atoms with Gasteiger partial charge in [-0.3, -0.25) is 0 Å². The highest BCUT2D eigenvalue weighted by Gasteiger charge is 2.35. The average molecular weight is 670 g/mol. The quantitative estimate of drug-likeness (QED) is 0.176. The van der Waals surface area contributed by atoms with Crippen LogP contribution in [0.2, 0.25) is 0 Å². The molecule has 51 heavy (non-hydrogen) atoms. The van der Waals surface area contributed by atoms with Crippen molar-refractivity contribution in [2.45, 2.75) is 19.3 Å². The van der Waals surface area contributed by atoms with Crippen LogP contribution < -0.4 is 4.90 Å². The Morgan fingerprint density at radius 1 is 0.392 bits per heavy atom. The van der Waals surface area contributed by atoms with Gasteiger partial charge < -0.3 is 4.90 Å². The van der Waals surface area contributed by atoms with Crippen LogP contribution in [0.25, 0.3) is 64.3 Å². The number of anilines is 3. The van der Waals surface area contributed by atoms with Gasteiger partial charge in [0.25, 0.3) is 0 Å². The van der Waals surface area contributed by atoms with Crippen LogP contribution in [0.5, 0.6) is 0 Å². The van der Waals surface area contributed by atoms with Crippen LogP contribution in [-0.2, 0) is 5.41 Å². The summed E-state index contributed by atoms with van der Waals surface area (Å²) in [5, 5.41) is 5.23. The zero-order valence-corrected chi connectivity index (χ0v) is 29.4. The highest BCUT2D eigenvalue weighted by Crippen LogP contribution is 2.51. The summed E-state index contributed by atoms with van der Waals surface area (Å²) in [5.41, 5.74) is 13.7. The second-order valence-electron chi connectivity index (χ2n) is 14.2. The molecule has 0 bridgehead atoms. The van der Waals surface area contributed by atoms with Crippen LogP contribution in [-0.4, -0.2) is 0 Å². The van der Waals surface area contributed by atoms with Crippen molar-refractivity contribution in [1.29, 1.82) is 0 Å². The van der Waals surface area contributed by atoms with Gasteiger partial charge in [0.15, 0.2) is 0 Å². The lowest BCUT2D eigenvalue weighted by atomic mass is 9.82. The summed E-state index contributed by atoms with van der Waals surface area (Å²) < 4.78 is 2.68. The van der Waals surface area contributed by atoms with Gasteiger partial charge in [-0.05, 0) is 110 Å². The fourth-order valence-corrected chi connectivity index (χ4v) is 9.39. The standard InChI is InChI=1S/C49H35NS/c1-49(2)45-17-8-6-14-40(45)41-28-27-38(30-46(41)49)50(36-23-19-33(20-24-36)32-11-4-3-5-12-32)37-25-21-34(22-26-37)39-16-10-13-35-29-48-44(31-43(35)39)42-15-7-9-18-47(42)51-48/h3-31H,1-2H3. The predicted molar refractivity (Wildman–Crippen MR) is 220 cm³/mol. The van der Waals surface area contributed by atoms with Crippen molar-refractivity contribution in [2.24, 2.45) is 0 Å². The topological polar surface area (TPSA) is 3.24 Å². The van der Waals surface area contributed by atoms with E-state index < -0.39 is 0 Å². The van der Waals surface area contributed by atoms with Crippen molar-refractivity contribution in [1.82, 2.24) is 0 Å². The Balaban J connectivity index is 1.09. The van der Waals surface area contributed by atoms with Gasteiger partial charge in [-0.1, -0.05) is 135 Å². The first-order valence-electron chi connectivity index (χ1n) is 17.7. The molecule has 0 aliphatic heterocycles. The molecule has 1 nitrogen and oxygen atoms in total. The van der Waals surface area contributed by atoms with Crippen LogP contribution >= 0.6 is 11.3 Å². The second kappa shape index (κ2) is 11.6. The smallest absolute Gasteiger partial charge is 0.0465 e. The molecule has 10 rings (SSSR count). The molecule has 0 atom stereocenters. The molecular formula is C49H35NS. The molecular weight excluding hydrogens is 635 g/mol. The first kappa shape index (κ1) is 29.9. The zero-order valence-electron chi connectivity index (χ0n) is 28.6. The minimum atomic E-state index is -0.0812. The Morgan fingerprint density at radius 3 is 1.82 bits per heavy atom. The fourth-order valence-electron chi connectivity index (χ4n) is 8.25. The van der Waals surface area contributed by atoms with Gasteiger partial charge in [-0.25, -0.2) is 0 Å². The lowest BCUT2D eigenvalue weighted by Gasteiger charge is -2.28. The molecule has 0 amide bonds. The van der Waals surface area contributed by atoms with Crippen LogP contribution in [0, 0.1) is 0 Å². The molecule has 0 spiro atoms. The van der Waals surface area contributed by atoms with Crippen molar-refractivity contribution in [3.63, 3.8) is 0 Å². The number of fused-ring (bicyclic) bond motifs is 7. The molecule has 0 saturated heterocycles. The van der Waals surface area contributed by atoms with Crippen molar-refractivity contribution < 1.29 is 0 Å². The van der Waals surface area contributed by atoms with E-state index in [4.69, 9.17) is 0 Å². The van der Waals surface area contributed by atoms with Gasteiger partial charge in [0.05, 0.1) is 0 Å². The third kappa shape index (κ3) is 4.82. The molecule has 1 heterocycles. The van der Waals surface area contributed by atoms with E-state index in [1.807, 2.05) is 11.3 Å². The molecule has 2 heteroatoms. The molecule has 0 unspecified atom stereocenters. The highest BCUT2D eigenvalue weighted by molar-refractivity contribution is 7.25. The van der Waals surface area contributed by atoms with Crippen LogP contribution in [0.15, 0.2) is 176 Å². The molecule has 1 aliphatic rings. The van der Waals surface area contributed by atoms with Crippen molar-refractivity contribution in [3.05, 3.63) is 187 Å². The van der Waals surface area contributed by atoms with E-state index in [1.54, 1.807) is 0 Å². The monoisotopic (exact) mass is 669 g/mol. The van der Waals surface area contributed by atoms with E-state index in [0.717, 1.165) is 17.1 Å². The number of hydrogen-bond donors (Lipinski definition) is 0. The number of rotatable bonds is 5. The van der Waals surface area contributed by atoms with Gasteiger partial charge in [0, 0.05) is 42.6 Å². The number of nitrogens with zero attached hydrogens (tertiary/aromatic N) is 1.